The van der Waals surface area contributed by atoms with Gasteiger partial charge in [0.2, 0.25) is 0 Å². The highest BCUT2D eigenvalue weighted by atomic mass is 14.4. The Hall–Kier alpha value is -0.510. The molecule has 3 unspecified atom stereocenters. The van der Waals surface area contributed by atoms with Gasteiger partial charge in [0.05, 0.1) is 6.07 Å². The van der Waals surface area contributed by atoms with Gasteiger partial charge in [-0.3, -0.25) is 0 Å². The van der Waals surface area contributed by atoms with E-state index < -0.39 is 0 Å². The Morgan fingerprint density at radius 1 is 1.31 bits per heavy atom. The van der Waals surface area contributed by atoms with Crippen molar-refractivity contribution < 1.29 is 0 Å². The molecular formula is C12H21N. The van der Waals surface area contributed by atoms with E-state index in [1.807, 2.05) is 0 Å². The standard InChI is InChI=1S/C12H21N/c1-3-6-12-10(4-2)7-5-8-11(12)9-13/h10-12H,3-8H2,1-2H3. The van der Waals surface area contributed by atoms with E-state index in [0.717, 1.165) is 12.3 Å². The van der Waals surface area contributed by atoms with Crippen molar-refractivity contribution in [3.05, 3.63) is 0 Å². The van der Waals surface area contributed by atoms with Crippen molar-refractivity contribution in [2.45, 2.75) is 52.4 Å². The van der Waals surface area contributed by atoms with Crippen molar-refractivity contribution in [3.8, 4) is 6.07 Å². The van der Waals surface area contributed by atoms with E-state index in [-0.39, 0.29) is 0 Å². The van der Waals surface area contributed by atoms with Crippen LogP contribution in [-0.4, -0.2) is 0 Å². The summed E-state index contributed by atoms with van der Waals surface area (Å²) >= 11 is 0. The summed E-state index contributed by atoms with van der Waals surface area (Å²) < 4.78 is 0. The monoisotopic (exact) mass is 179 g/mol. The number of nitriles is 1. The van der Waals surface area contributed by atoms with Crippen LogP contribution >= 0.6 is 0 Å². The Balaban J connectivity index is 2.59. The Morgan fingerprint density at radius 2 is 2.08 bits per heavy atom. The zero-order valence-electron chi connectivity index (χ0n) is 8.92. The maximum atomic E-state index is 9.05. The summed E-state index contributed by atoms with van der Waals surface area (Å²) in [5, 5.41) is 9.05. The number of nitrogens with zero attached hydrogens (tertiary/aromatic N) is 1. The van der Waals surface area contributed by atoms with Gasteiger partial charge in [-0.2, -0.15) is 5.26 Å². The van der Waals surface area contributed by atoms with Gasteiger partial charge in [0.1, 0.15) is 0 Å². The molecule has 1 aliphatic rings. The van der Waals surface area contributed by atoms with Crippen LogP contribution in [0.25, 0.3) is 0 Å². The Morgan fingerprint density at radius 3 is 2.62 bits per heavy atom. The highest BCUT2D eigenvalue weighted by Gasteiger charge is 2.31. The number of hydrogen-bond acceptors (Lipinski definition) is 1. The van der Waals surface area contributed by atoms with Gasteiger partial charge in [0.25, 0.3) is 0 Å². The summed E-state index contributed by atoms with van der Waals surface area (Å²) in [7, 11) is 0. The first-order valence-corrected chi connectivity index (χ1v) is 5.73. The van der Waals surface area contributed by atoms with Crippen LogP contribution < -0.4 is 0 Å². The van der Waals surface area contributed by atoms with Crippen LogP contribution in [0.3, 0.4) is 0 Å². The molecule has 0 N–H and O–H groups in total. The second kappa shape index (κ2) is 5.27. The molecular weight excluding hydrogens is 158 g/mol. The fraction of sp³-hybridized carbons (Fsp3) is 0.917. The highest BCUT2D eigenvalue weighted by molar-refractivity contribution is 4.93. The molecule has 1 nitrogen and oxygen atoms in total. The molecule has 0 aromatic carbocycles. The molecule has 0 aromatic heterocycles. The topological polar surface area (TPSA) is 23.8 Å². The van der Waals surface area contributed by atoms with Gasteiger partial charge in [-0.25, -0.2) is 0 Å². The predicted octanol–water partition coefficient (Wildman–Crippen LogP) is 3.75. The van der Waals surface area contributed by atoms with Crippen LogP contribution in [0, 0.1) is 29.1 Å². The summed E-state index contributed by atoms with van der Waals surface area (Å²) in [6, 6.07) is 2.50. The molecule has 1 aliphatic carbocycles. The first kappa shape index (κ1) is 10.6. The van der Waals surface area contributed by atoms with Gasteiger partial charge in [-0.05, 0) is 24.7 Å². The lowest BCUT2D eigenvalue weighted by molar-refractivity contribution is 0.171. The lowest BCUT2D eigenvalue weighted by atomic mass is 9.70. The molecule has 1 rings (SSSR count). The summed E-state index contributed by atoms with van der Waals surface area (Å²) in [4.78, 5) is 0. The third kappa shape index (κ3) is 2.46. The lowest BCUT2D eigenvalue weighted by Crippen LogP contribution is -2.27. The first-order valence-electron chi connectivity index (χ1n) is 5.73. The van der Waals surface area contributed by atoms with E-state index in [1.165, 1.54) is 32.1 Å². The van der Waals surface area contributed by atoms with Gasteiger partial charge in [0.15, 0.2) is 0 Å². The van der Waals surface area contributed by atoms with Gasteiger partial charge >= 0.3 is 0 Å². The fourth-order valence-electron chi connectivity index (χ4n) is 2.79. The normalized spacial score (nSPS) is 34.1. The largest absolute Gasteiger partial charge is 0.198 e. The smallest absolute Gasteiger partial charge is 0.0658 e. The first-order chi connectivity index (χ1) is 6.33. The fourth-order valence-corrected chi connectivity index (χ4v) is 2.79. The van der Waals surface area contributed by atoms with Gasteiger partial charge in [-0.15, -0.1) is 0 Å². The Labute approximate surface area is 82.1 Å². The maximum absolute atomic E-state index is 9.05. The second-order valence-corrected chi connectivity index (χ2v) is 4.29. The van der Waals surface area contributed by atoms with Crippen LogP contribution in [0.1, 0.15) is 52.4 Å². The van der Waals surface area contributed by atoms with Crippen molar-refractivity contribution in [1.82, 2.24) is 0 Å². The van der Waals surface area contributed by atoms with Crippen LogP contribution in [0.15, 0.2) is 0 Å². The summed E-state index contributed by atoms with van der Waals surface area (Å²) in [5.74, 6) is 1.89. The van der Waals surface area contributed by atoms with Crippen LogP contribution in [0.2, 0.25) is 0 Å². The average molecular weight is 179 g/mol. The molecule has 0 bridgehead atoms. The van der Waals surface area contributed by atoms with Crippen molar-refractivity contribution in [3.63, 3.8) is 0 Å². The highest BCUT2D eigenvalue weighted by Crippen LogP contribution is 2.38. The number of hydrogen-bond donors (Lipinski definition) is 0. The van der Waals surface area contributed by atoms with E-state index in [2.05, 4.69) is 19.9 Å². The van der Waals surface area contributed by atoms with Gasteiger partial charge in [-0.1, -0.05) is 39.5 Å². The third-order valence-electron chi connectivity index (χ3n) is 3.52. The summed E-state index contributed by atoms with van der Waals surface area (Å²) in [6.07, 6.45) is 7.55. The van der Waals surface area contributed by atoms with Gasteiger partial charge in [0, 0.05) is 5.92 Å². The molecule has 0 radical (unpaired) electrons. The average Bonchev–Trinajstić information content (AvgIpc) is 2.18. The lowest BCUT2D eigenvalue weighted by Gasteiger charge is -2.34. The quantitative estimate of drug-likeness (QED) is 0.647. The van der Waals surface area contributed by atoms with Crippen molar-refractivity contribution in [2.75, 3.05) is 0 Å². The summed E-state index contributed by atoms with van der Waals surface area (Å²) in [5.41, 5.74) is 0. The summed E-state index contributed by atoms with van der Waals surface area (Å²) in [6.45, 7) is 4.50. The van der Waals surface area contributed by atoms with Crippen molar-refractivity contribution in [2.24, 2.45) is 17.8 Å². The zero-order chi connectivity index (χ0) is 9.68. The molecule has 0 heterocycles. The minimum absolute atomic E-state index is 0.360. The van der Waals surface area contributed by atoms with E-state index in [0.29, 0.717) is 11.8 Å². The van der Waals surface area contributed by atoms with Crippen molar-refractivity contribution in [1.29, 1.82) is 5.26 Å². The maximum Gasteiger partial charge on any atom is 0.0658 e. The SMILES string of the molecule is CCCC1C(C#N)CCCC1CC. The van der Waals surface area contributed by atoms with E-state index in [9.17, 15) is 0 Å². The molecule has 74 valence electrons. The molecule has 0 saturated heterocycles. The third-order valence-corrected chi connectivity index (χ3v) is 3.52. The molecule has 1 saturated carbocycles. The van der Waals surface area contributed by atoms with Crippen LogP contribution in [0.4, 0.5) is 0 Å². The van der Waals surface area contributed by atoms with Crippen molar-refractivity contribution >= 4 is 0 Å². The van der Waals surface area contributed by atoms with Crippen LogP contribution in [0.5, 0.6) is 0 Å². The van der Waals surface area contributed by atoms with E-state index >= 15 is 0 Å². The minimum atomic E-state index is 0.360. The molecule has 0 aromatic rings. The Kier molecular flexibility index (Phi) is 4.28. The van der Waals surface area contributed by atoms with E-state index in [4.69, 9.17) is 5.26 Å². The predicted molar refractivity (Wildman–Crippen MR) is 55.1 cm³/mol. The number of rotatable bonds is 3. The molecule has 3 atom stereocenters. The zero-order valence-corrected chi connectivity index (χ0v) is 8.92. The molecule has 0 amide bonds. The van der Waals surface area contributed by atoms with Crippen LogP contribution in [-0.2, 0) is 0 Å². The molecule has 1 fully saturated rings. The molecule has 0 aliphatic heterocycles. The molecule has 13 heavy (non-hydrogen) atoms. The minimum Gasteiger partial charge on any atom is -0.198 e. The van der Waals surface area contributed by atoms with E-state index in [1.54, 1.807) is 0 Å². The Bertz CT molecular complexity index is 180. The second-order valence-electron chi connectivity index (χ2n) is 4.29. The van der Waals surface area contributed by atoms with Gasteiger partial charge < -0.3 is 0 Å². The molecule has 1 heteroatoms. The molecule has 0 spiro atoms.